The molecule has 0 radical (unpaired) electrons. The minimum absolute atomic E-state index is 0.0859. The van der Waals surface area contributed by atoms with Gasteiger partial charge in [0, 0.05) is 23.1 Å². The number of benzene rings is 1. The molecule has 3 atom stereocenters. The van der Waals surface area contributed by atoms with E-state index in [0.29, 0.717) is 23.9 Å². The van der Waals surface area contributed by atoms with Crippen LogP contribution in [0.3, 0.4) is 0 Å². The van der Waals surface area contributed by atoms with Crippen LogP contribution in [0.2, 0.25) is 5.02 Å². The third kappa shape index (κ3) is 3.13. The van der Waals surface area contributed by atoms with Gasteiger partial charge in [0.2, 0.25) is 0 Å². The number of nitrogens with two attached hydrogens (primary N) is 1. The Kier molecular flexibility index (Phi) is 4.72. The van der Waals surface area contributed by atoms with Crippen LogP contribution in [-0.2, 0) is 0 Å². The average molecular weight is 309 g/mol. The van der Waals surface area contributed by atoms with E-state index in [2.05, 4.69) is 51.8 Å². The van der Waals surface area contributed by atoms with Crippen LogP contribution in [0.25, 0.3) is 0 Å². The van der Waals surface area contributed by atoms with E-state index < -0.39 is 0 Å². The van der Waals surface area contributed by atoms with Gasteiger partial charge in [-0.15, -0.1) is 0 Å². The Morgan fingerprint density at radius 3 is 2.33 bits per heavy atom. The van der Waals surface area contributed by atoms with Gasteiger partial charge in [0.05, 0.1) is 0 Å². The van der Waals surface area contributed by atoms with Crippen molar-refractivity contribution in [3.05, 3.63) is 34.9 Å². The maximum Gasteiger partial charge on any atom is 0.0406 e. The van der Waals surface area contributed by atoms with Crippen molar-refractivity contribution < 1.29 is 0 Å². The smallest absolute Gasteiger partial charge is 0.0406 e. The molecule has 1 saturated carbocycles. The van der Waals surface area contributed by atoms with Crippen LogP contribution in [0.4, 0.5) is 0 Å². The third-order valence-electron chi connectivity index (χ3n) is 5.55. The maximum absolute atomic E-state index is 6.26. The van der Waals surface area contributed by atoms with Gasteiger partial charge in [0.15, 0.2) is 0 Å². The van der Waals surface area contributed by atoms with Crippen LogP contribution >= 0.6 is 11.6 Å². The van der Waals surface area contributed by atoms with Crippen molar-refractivity contribution in [1.29, 1.82) is 0 Å². The molecule has 0 bridgehead atoms. The molecule has 3 unspecified atom stereocenters. The van der Waals surface area contributed by atoms with E-state index in [-0.39, 0.29) is 5.54 Å². The Morgan fingerprint density at radius 2 is 1.90 bits per heavy atom. The van der Waals surface area contributed by atoms with Gasteiger partial charge in [-0.25, -0.2) is 0 Å². The lowest BCUT2D eigenvalue weighted by Crippen LogP contribution is -2.55. The number of hydrogen-bond donors (Lipinski definition) is 1. The first-order valence-corrected chi connectivity index (χ1v) is 8.28. The topological polar surface area (TPSA) is 29.3 Å². The zero-order valence-corrected chi connectivity index (χ0v) is 14.7. The standard InChI is InChI=1S/C18H29ClN2/c1-13-10-17(3,4)11-18(13,12-20)21(5)14(2)15-6-8-16(19)9-7-15/h6-9,13-14H,10-12,20H2,1-5H3. The predicted molar refractivity (Wildman–Crippen MR) is 91.6 cm³/mol. The fourth-order valence-corrected chi connectivity index (χ4v) is 4.46. The highest BCUT2D eigenvalue weighted by molar-refractivity contribution is 6.30. The third-order valence-corrected chi connectivity index (χ3v) is 5.80. The molecule has 0 heterocycles. The van der Waals surface area contributed by atoms with E-state index in [1.54, 1.807) is 0 Å². The molecule has 118 valence electrons. The average Bonchev–Trinajstić information content (AvgIpc) is 2.68. The zero-order valence-electron chi connectivity index (χ0n) is 14.0. The maximum atomic E-state index is 6.26. The summed E-state index contributed by atoms with van der Waals surface area (Å²) in [6.45, 7) is 10.1. The zero-order chi connectivity index (χ0) is 15.8. The van der Waals surface area contributed by atoms with Crippen molar-refractivity contribution in [2.45, 2.75) is 52.1 Å². The molecule has 0 saturated heterocycles. The molecule has 0 aliphatic heterocycles. The minimum atomic E-state index is 0.0859. The van der Waals surface area contributed by atoms with Crippen LogP contribution in [0.1, 0.15) is 52.1 Å². The first-order valence-electron chi connectivity index (χ1n) is 7.90. The second-order valence-corrected chi connectivity index (χ2v) is 8.03. The van der Waals surface area contributed by atoms with Crippen LogP contribution in [0.5, 0.6) is 0 Å². The Hall–Kier alpha value is -0.570. The summed E-state index contributed by atoms with van der Waals surface area (Å²) >= 11 is 6.00. The number of halogens is 1. The predicted octanol–water partition coefficient (Wildman–Crippen LogP) is 4.49. The van der Waals surface area contributed by atoms with Crippen molar-refractivity contribution in [2.75, 3.05) is 13.6 Å². The van der Waals surface area contributed by atoms with Gasteiger partial charge in [0.25, 0.3) is 0 Å². The molecule has 1 aliphatic rings. The summed E-state index contributed by atoms with van der Waals surface area (Å²) in [4.78, 5) is 2.50. The highest BCUT2D eigenvalue weighted by atomic mass is 35.5. The summed E-state index contributed by atoms with van der Waals surface area (Å²) in [6.07, 6.45) is 2.40. The summed E-state index contributed by atoms with van der Waals surface area (Å²) in [5, 5.41) is 0.789. The highest BCUT2D eigenvalue weighted by Gasteiger charge is 2.51. The summed E-state index contributed by atoms with van der Waals surface area (Å²) in [7, 11) is 2.23. The van der Waals surface area contributed by atoms with Gasteiger partial charge in [-0.05, 0) is 55.8 Å². The van der Waals surface area contributed by atoms with Gasteiger partial charge < -0.3 is 5.73 Å². The van der Waals surface area contributed by atoms with Gasteiger partial charge in [-0.1, -0.05) is 44.5 Å². The summed E-state index contributed by atoms with van der Waals surface area (Å²) < 4.78 is 0. The molecular formula is C18H29ClN2. The molecule has 3 heteroatoms. The summed E-state index contributed by atoms with van der Waals surface area (Å²) in [5.41, 5.74) is 8.01. The van der Waals surface area contributed by atoms with E-state index in [0.717, 1.165) is 11.4 Å². The molecule has 1 aliphatic carbocycles. The molecule has 0 spiro atoms. The van der Waals surface area contributed by atoms with Crippen molar-refractivity contribution >= 4 is 11.6 Å². The quantitative estimate of drug-likeness (QED) is 0.888. The molecule has 21 heavy (non-hydrogen) atoms. The highest BCUT2D eigenvalue weighted by Crippen LogP contribution is 2.51. The first-order chi connectivity index (χ1) is 9.72. The van der Waals surface area contributed by atoms with Crippen molar-refractivity contribution in [2.24, 2.45) is 17.1 Å². The fraction of sp³-hybridized carbons (Fsp3) is 0.667. The Bertz CT molecular complexity index is 482. The Labute approximate surface area is 134 Å². The lowest BCUT2D eigenvalue weighted by Gasteiger charge is -2.45. The number of likely N-dealkylation sites (N-methyl/N-ethyl adjacent to an activating group) is 1. The molecule has 0 aromatic heterocycles. The second-order valence-electron chi connectivity index (χ2n) is 7.59. The van der Waals surface area contributed by atoms with Crippen molar-refractivity contribution in [1.82, 2.24) is 4.90 Å². The molecule has 0 amide bonds. The van der Waals surface area contributed by atoms with Crippen LogP contribution in [0, 0.1) is 11.3 Å². The van der Waals surface area contributed by atoms with Crippen LogP contribution in [0.15, 0.2) is 24.3 Å². The molecule has 1 fully saturated rings. The molecule has 1 aromatic carbocycles. The first kappa shape index (κ1) is 16.8. The Balaban J connectivity index is 2.28. The summed E-state index contributed by atoms with van der Waals surface area (Å²) in [6, 6.07) is 8.52. The SMILES string of the molecule is CC(c1ccc(Cl)cc1)N(C)C1(CN)CC(C)(C)CC1C. The normalized spacial score (nSPS) is 29.8. The lowest BCUT2D eigenvalue weighted by molar-refractivity contribution is 0.0506. The minimum Gasteiger partial charge on any atom is -0.329 e. The van der Waals surface area contributed by atoms with Crippen LogP contribution < -0.4 is 5.73 Å². The molecule has 2 nitrogen and oxygen atoms in total. The van der Waals surface area contributed by atoms with E-state index >= 15 is 0 Å². The molecular weight excluding hydrogens is 280 g/mol. The second kappa shape index (κ2) is 5.91. The lowest BCUT2D eigenvalue weighted by atomic mass is 9.83. The van der Waals surface area contributed by atoms with Gasteiger partial charge in [-0.3, -0.25) is 4.90 Å². The molecule has 1 aromatic rings. The number of hydrogen-bond acceptors (Lipinski definition) is 2. The van der Waals surface area contributed by atoms with E-state index in [1.807, 2.05) is 12.1 Å². The van der Waals surface area contributed by atoms with Crippen molar-refractivity contribution in [3.8, 4) is 0 Å². The van der Waals surface area contributed by atoms with Crippen LogP contribution in [-0.4, -0.2) is 24.0 Å². The van der Waals surface area contributed by atoms with Gasteiger partial charge in [0.1, 0.15) is 0 Å². The van der Waals surface area contributed by atoms with E-state index in [9.17, 15) is 0 Å². The summed E-state index contributed by atoms with van der Waals surface area (Å²) in [5.74, 6) is 0.609. The van der Waals surface area contributed by atoms with E-state index in [4.69, 9.17) is 17.3 Å². The van der Waals surface area contributed by atoms with Gasteiger partial charge >= 0.3 is 0 Å². The Morgan fingerprint density at radius 1 is 1.33 bits per heavy atom. The largest absolute Gasteiger partial charge is 0.329 e. The van der Waals surface area contributed by atoms with E-state index in [1.165, 1.54) is 12.0 Å². The van der Waals surface area contributed by atoms with Gasteiger partial charge in [-0.2, -0.15) is 0 Å². The monoisotopic (exact) mass is 308 g/mol. The molecule has 2 rings (SSSR count). The number of rotatable bonds is 4. The number of nitrogens with zero attached hydrogens (tertiary/aromatic N) is 1. The molecule has 2 N–H and O–H groups in total. The van der Waals surface area contributed by atoms with Crippen molar-refractivity contribution in [3.63, 3.8) is 0 Å². The fourth-order valence-electron chi connectivity index (χ4n) is 4.33.